The number of nitrogens with zero attached hydrogens (tertiary/aromatic N) is 3. The molecule has 0 aliphatic carbocycles. The summed E-state index contributed by atoms with van der Waals surface area (Å²) in [4.78, 5) is 15.9. The second kappa shape index (κ2) is 4.81. The third-order valence-electron chi connectivity index (χ3n) is 2.87. The highest BCUT2D eigenvalue weighted by atomic mass is 16.5. The molecule has 3 rings (SSSR count). The molecule has 0 radical (unpaired) electrons. The van der Waals surface area contributed by atoms with Crippen molar-refractivity contribution in [3.63, 3.8) is 0 Å². The van der Waals surface area contributed by atoms with Gasteiger partial charge >= 0.3 is 0 Å². The first-order valence-electron chi connectivity index (χ1n) is 6.04. The lowest BCUT2D eigenvalue weighted by Gasteiger charge is -2.01. The van der Waals surface area contributed by atoms with Crippen LogP contribution in [0.3, 0.4) is 0 Å². The molecule has 1 aliphatic heterocycles. The van der Waals surface area contributed by atoms with Gasteiger partial charge in [-0.1, -0.05) is 10.3 Å². The van der Waals surface area contributed by atoms with E-state index >= 15 is 0 Å². The second-order valence-electron chi connectivity index (χ2n) is 4.39. The van der Waals surface area contributed by atoms with E-state index in [2.05, 4.69) is 25.9 Å². The Hall–Kier alpha value is -2.22. The summed E-state index contributed by atoms with van der Waals surface area (Å²) in [6, 6.07) is 1.65. The van der Waals surface area contributed by atoms with Gasteiger partial charge in [0, 0.05) is 6.07 Å². The maximum Gasteiger partial charge on any atom is 0.299 e. The highest BCUT2D eigenvalue weighted by Crippen LogP contribution is 2.21. The maximum absolute atomic E-state index is 11.8. The topological polar surface area (TPSA) is 106 Å². The van der Waals surface area contributed by atoms with Crippen LogP contribution in [0.2, 0.25) is 0 Å². The van der Waals surface area contributed by atoms with Crippen LogP contribution < -0.4 is 10.6 Å². The Bertz CT molecular complexity index is 585. The molecule has 1 saturated heterocycles. The van der Waals surface area contributed by atoms with Crippen molar-refractivity contribution in [3.05, 3.63) is 23.5 Å². The number of carbonyl (C=O) groups is 1. The van der Waals surface area contributed by atoms with E-state index in [1.54, 1.807) is 13.0 Å². The molecule has 19 heavy (non-hydrogen) atoms. The van der Waals surface area contributed by atoms with Gasteiger partial charge < -0.3 is 14.4 Å². The molecule has 3 heterocycles. The number of rotatable bonds is 3. The standard InChI is InChI=1S/C11H13N5O3/c1-6-5-8(18-15-6)13-10(17)9-14-11(19-16-9)7-3-2-4-12-7/h5,7,12H,2-4H2,1H3,(H,13,17). The van der Waals surface area contributed by atoms with Crippen LogP contribution in [0.5, 0.6) is 0 Å². The van der Waals surface area contributed by atoms with Gasteiger partial charge in [-0.15, -0.1) is 0 Å². The largest absolute Gasteiger partial charge is 0.338 e. The van der Waals surface area contributed by atoms with E-state index < -0.39 is 5.91 Å². The molecule has 2 aromatic rings. The zero-order valence-corrected chi connectivity index (χ0v) is 10.3. The number of hydrogen-bond donors (Lipinski definition) is 2. The summed E-state index contributed by atoms with van der Waals surface area (Å²) in [5.74, 6) is 0.200. The summed E-state index contributed by atoms with van der Waals surface area (Å²) < 4.78 is 9.96. The molecule has 1 atom stereocenters. The SMILES string of the molecule is Cc1cc(NC(=O)c2noc(C3CCCN3)n2)on1. The van der Waals surface area contributed by atoms with Gasteiger partial charge in [-0.2, -0.15) is 4.98 Å². The summed E-state index contributed by atoms with van der Waals surface area (Å²) in [5.41, 5.74) is 0.680. The zero-order chi connectivity index (χ0) is 13.2. The fraction of sp³-hybridized carbons (Fsp3) is 0.455. The van der Waals surface area contributed by atoms with Crippen LogP contribution in [0.25, 0.3) is 0 Å². The quantitative estimate of drug-likeness (QED) is 0.852. The summed E-state index contributed by atoms with van der Waals surface area (Å²) in [6.45, 7) is 2.68. The first-order valence-corrected chi connectivity index (χ1v) is 6.04. The van der Waals surface area contributed by atoms with Crippen LogP contribution in [0.1, 0.15) is 41.1 Å². The highest BCUT2D eigenvalue weighted by Gasteiger charge is 2.24. The average molecular weight is 263 g/mol. The smallest absolute Gasteiger partial charge is 0.299 e. The van der Waals surface area contributed by atoms with Crippen LogP contribution in [-0.4, -0.2) is 27.7 Å². The Kier molecular flexibility index (Phi) is 3.00. The van der Waals surface area contributed by atoms with Crippen molar-refractivity contribution in [1.29, 1.82) is 0 Å². The van der Waals surface area contributed by atoms with E-state index in [9.17, 15) is 4.79 Å². The summed E-state index contributed by atoms with van der Waals surface area (Å²) in [6.07, 6.45) is 2.00. The Morgan fingerprint density at radius 3 is 3.05 bits per heavy atom. The summed E-state index contributed by atoms with van der Waals surface area (Å²) in [7, 11) is 0. The van der Waals surface area contributed by atoms with Crippen LogP contribution >= 0.6 is 0 Å². The van der Waals surface area contributed by atoms with Crippen molar-refractivity contribution in [3.8, 4) is 0 Å². The molecular formula is C11H13N5O3. The molecule has 8 heteroatoms. The monoisotopic (exact) mass is 263 g/mol. The van der Waals surface area contributed by atoms with Crippen LogP contribution in [0.4, 0.5) is 5.88 Å². The van der Waals surface area contributed by atoms with Crippen LogP contribution in [0.15, 0.2) is 15.1 Å². The first-order chi connectivity index (χ1) is 9.22. The molecule has 1 aliphatic rings. The number of aryl methyl sites for hydroxylation is 1. The molecule has 0 spiro atoms. The lowest BCUT2D eigenvalue weighted by atomic mass is 10.2. The molecule has 1 fully saturated rings. The van der Waals surface area contributed by atoms with E-state index in [1.807, 2.05) is 0 Å². The fourth-order valence-corrected chi connectivity index (χ4v) is 1.95. The number of hydrogen-bond acceptors (Lipinski definition) is 7. The molecule has 1 unspecified atom stereocenters. The Balaban J connectivity index is 1.69. The third kappa shape index (κ3) is 2.48. The third-order valence-corrected chi connectivity index (χ3v) is 2.87. The molecular weight excluding hydrogens is 250 g/mol. The average Bonchev–Trinajstić information content (AvgIpc) is 3.08. The summed E-state index contributed by atoms with van der Waals surface area (Å²) in [5, 5.41) is 13.1. The van der Waals surface area contributed by atoms with E-state index in [-0.39, 0.29) is 17.8 Å². The molecule has 0 aromatic carbocycles. The van der Waals surface area contributed by atoms with Crippen molar-refractivity contribution in [2.24, 2.45) is 0 Å². The normalized spacial score (nSPS) is 18.7. The predicted molar refractivity (Wildman–Crippen MR) is 63.5 cm³/mol. The number of anilines is 1. The lowest BCUT2D eigenvalue weighted by Crippen LogP contribution is -2.15. The van der Waals surface area contributed by atoms with Gasteiger partial charge in [0.05, 0.1) is 11.7 Å². The van der Waals surface area contributed by atoms with Gasteiger partial charge in [0.15, 0.2) is 0 Å². The van der Waals surface area contributed by atoms with Gasteiger partial charge in [0.1, 0.15) is 0 Å². The molecule has 2 N–H and O–H groups in total. The Morgan fingerprint density at radius 1 is 1.47 bits per heavy atom. The van der Waals surface area contributed by atoms with E-state index in [1.165, 1.54) is 0 Å². The summed E-state index contributed by atoms with van der Waals surface area (Å²) >= 11 is 0. The minimum atomic E-state index is -0.482. The minimum absolute atomic E-state index is 0.0160. The van der Waals surface area contributed by atoms with Crippen LogP contribution in [0, 0.1) is 6.92 Å². The van der Waals surface area contributed by atoms with Crippen molar-refractivity contribution < 1.29 is 13.8 Å². The molecule has 8 nitrogen and oxygen atoms in total. The van der Waals surface area contributed by atoms with Crippen molar-refractivity contribution >= 4 is 11.8 Å². The van der Waals surface area contributed by atoms with Gasteiger partial charge in [-0.25, -0.2) is 0 Å². The predicted octanol–water partition coefficient (Wildman–Crippen LogP) is 1.04. The van der Waals surface area contributed by atoms with Gasteiger partial charge in [-0.3, -0.25) is 10.1 Å². The molecule has 2 aromatic heterocycles. The fourth-order valence-electron chi connectivity index (χ4n) is 1.95. The Labute approximate surface area is 108 Å². The minimum Gasteiger partial charge on any atom is -0.338 e. The molecule has 0 bridgehead atoms. The maximum atomic E-state index is 11.8. The van der Waals surface area contributed by atoms with Gasteiger partial charge in [0.25, 0.3) is 11.7 Å². The first kappa shape index (κ1) is 11.8. The number of aromatic nitrogens is 3. The van der Waals surface area contributed by atoms with E-state index in [4.69, 9.17) is 9.05 Å². The van der Waals surface area contributed by atoms with Crippen molar-refractivity contribution in [1.82, 2.24) is 20.6 Å². The van der Waals surface area contributed by atoms with Crippen molar-refractivity contribution in [2.75, 3.05) is 11.9 Å². The molecule has 0 saturated carbocycles. The zero-order valence-electron chi connectivity index (χ0n) is 10.3. The van der Waals surface area contributed by atoms with E-state index in [0.717, 1.165) is 19.4 Å². The highest BCUT2D eigenvalue weighted by molar-refractivity contribution is 6.00. The van der Waals surface area contributed by atoms with E-state index in [0.29, 0.717) is 11.6 Å². The molecule has 1 amide bonds. The second-order valence-corrected chi connectivity index (χ2v) is 4.39. The number of carbonyl (C=O) groups excluding carboxylic acids is 1. The molecule has 100 valence electrons. The van der Waals surface area contributed by atoms with Crippen molar-refractivity contribution in [2.45, 2.75) is 25.8 Å². The van der Waals surface area contributed by atoms with Crippen LogP contribution in [-0.2, 0) is 0 Å². The van der Waals surface area contributed by atoms with Gasteiger partial charge in [-0.05, 0) is 26.3 Å². The number of nitrogens with one attached hydrogen (secondary N) is 2. The van der Waals surface area contributed by atoms with Gasteiger partial charge in [0.2, 0.25) is 11.8 Å². The number of amides is 1. The Morgan fingerprint density at radius 2 is 2.37 bits per heavy atom. The lowest BCUT2D eigenvalue weighted by molar-refractivity contribution is 0.101.